The van der Waals surface area contributed by atoms with Crippen molar-refractivity contribution in [2.75, 3.05) is 0 Å². The van der Waals surface area contributed by atoms with Crippen molar-refractivity contribution < 1.29 is 9.80 Å². The Morgan fingerprint density at radius 2 is 1.50 bits per heavy atom. The van der Waals surface area contributed by atoms with Gasteiger partial charge in [-0.2, -0.15) is 5.84 Å². The molecule has 0 unspecified atom stereocenters. The maximum Gasteiger partial charge on any atom is 0.145 e. The molecule has 0 amide bonds. The van der Waals surface area contributed by atoms with Crippen LogP contribution in [0.25, 0.3) is 0 Å². The number of hydrogen-bond donors (Lipinski definition) is 2. The van der Waals surface area contributed by atoms with Gasteiger partial charge in [0.25, 0.3) is 0 Å². The highest BCUT2D eigenvalue weighted by Gasteiger charge is 2.47. The molecule has 1 aliphatic rings. The van der Waals surface area contributed by atoms with Crippen molar-refractivity contribution in [1.82, 2.24) is 0 Å². The van der Waals surface area contributed by atoms with Crippen LogP contribution in [0.1, 0.15) is 40.5 Å². The third-order valence-electron chi connectivity index (χ3n) is 2.74. The zero-order valence-electron chi connectivity index (χ0n) is 8.40. The molecular weight excluding hydrogens is 152 g/mol. The molecule has 1 saturated heterocycles. The van der Waals surface area contributed by atoms with Gasteiger partial charge in [0.05, 0.1) is 12.8 Å². The van der Waals surface area contributed by atoms with Crippen molar-refractivity contribution in [3.05, 3.63) is 0 Å². The molecule has 0 aromatic heterocycles. The van der Waals surface area contributed by atoms with Gasteiger partial charge in [-0.15, -0.1) is 0 Å². The Morgan fingerprint density at radius 1 is 1.17 bits per heavy atom. The molecule has 0 atom stereocenters. The predicted molar refractivity (Wildman–Crippen MR) is 47.5 cm³/mol. The van der Waals surface area contributed by atoms with Crippen LogP contribution in [0, 0.1) is 0 Å². The van der Waals surface area contributed by atoms with E-state index in [2.05, 4.69) is 0 Å². The number of rotatable bonds is 0. The lowest BCUT2D eigenvalue weighted by atomic mass is 9.81. The molecule has 0 aromatic carbocycles. The first-order chi connectivity index (χ1) is 5.26. The van der Waals surface area contributed by atoms with E-state index in [4.69, 9.17) is 5.84 Å². The van der Waals surface area contributed by atoms with E-state index in [9.17, 15) is 4.79 Å². The molecule has 0 radical (unpaired) electrons. The number of carbonyl (C=O) groups is 1. The summed E-state index contributed by atoms with van der Waals surface area (Å²) in [6.07, 6.45) is 1.20. The fourth-order valence-corrected chi connectivity index (χ4v) is 2.15. The van der Waals surface area contributed by atoms with Crippen LogP contribution in [0.5, 0.6) is 0 Å². The lowest BCUT2D eigenvalue weighted by molar-refractivity contribution is -1.01. The van der Waals surface area contributed by atoms with Crippen molar-refractivity contribution in [2.24, 2.45) is 5.84 Å². The van der Waals surface area contributed by atoms with Gasteiger partial charge in [-0.25, -0.2) is 0 Å². The average molecular weight is 171 g/mol. The lowest BCUT2D eigenvalue weighted by Gasteiger charge is -2.44. The molecule has 1 heterocycles. The lowest BCUT2D eigenvalue weighted by Crippen LogP contribution is -3.31. The average Bonchev–Trinajstić information content (AvgIpc) is 1.80. The van der Waals surface area contributed by atoms with Gasteiger partial charge in [0.2, 0.25) is 0 Å². The molecule has 0 aromatic rings. The van der Waals surface area contributed by atoms with Crippen LogP contribution in [-0.4, -0.2) is 16.9 Å². The molecule has 0 bridgehead atoms. The van der Waals surface area contributed by atoms with Crippen molar-refractivity contribution in [3.8, 4) is 0 Å². The summed E-state index contributed by atoms with van der Waals surface area (Å²) in [6, 6.07) is 0. The molecule has 0 aliphatic carbocycles. The summed E-state index contributed by atoms with van der Waals surface area (Å²) in [7, 11) is 0. The smallest absolute Gasteiger partial charge is 0.145 e. The molecule has 0 saturated carbocycles. The second-order valence-electron chi connectivity index (χ2n) is 5.07. The second-order valence-corrected chi connectivity index (χ2v) is 5.07. The number of hydrogen-bond acceptors (Lipinski definition) is 2. The van der Waals surface area contributed by atoms with Crippen LogP contribution in [0.4, 0.5) is 0 Å². The van der Waals surface area contributed by atoms with Crippen molar-refractivity contribution in [3.63, 3.8) is 0 Å². The minimum absolute atomic E-state index is 0.112. The third-order valence-corrected chi connectivity index (χ3v) is 2.74. The quantitative estimate of drug-likeness (QED) is 0.490. The van der Waals surface area contributed by atoms with E-state index >= 15 is 0 Å². The number of carbonyl (C=O) groups excluding carboxylic acids is 1. The van der Waals surface area contributed by atoms with Gasteiger partial charge in [0.15, 0.2) is 0 Å². The first-order valence-corrected chi connectivity index (χ1v) is 4.41. The molecule has 3 nitrogen and oxygen atoms in total. The van der Waals surface area contributed by atoms with Gasteiger partial charge in [-0.1, -0.05) is 0 Å². The summed E-state index contributed by atoms with van der Waals surface area (Å²) in [5.74, 6) is 6.35. The highest BCUT2D eigenvalue weighted by atomic mass is 16.1. The van der Waals surface area contributed by atoms with Crippen molar-refractivity contribution in [2.45, 2.75) is 51.6 Å². The van der Waals surface area contributed by atoms with Gasteiger partial charge >= 0.3 is 0 Å². The fourth-order valence-electron chi connectivity index (χ4n) is 2.15. The monoisotopic (exact) mass is 171 g/mol. The van der Waals surface area contributed by atoms with E-state index in [1.165, 1.54) is 0 Å². The van der Waals surface area contributed by atoms with E-state index < -0.39 is 0 Å². The minimum atomic E-state index is -0.112. The van der Waals surface area contributed by atoms with Gasteiger partial charge in [0, 0.05) is 0 Å². The Morgan fingerprint density at radius 3 is 1.83 bits per heavy atom. The Bertz CT molecular complexity index is 189. The number of quaternary nitrogens is 1. The number of piperidine rings is 1. The fraction of sp³-hybridized carbons (Fsp3) is 0.889. The Hall–Kier alpha value is -0.410. The molecule has 1 fully saturated rings. The Balaban J connectivity index is 2.91. The van der Waals surface area contributed by atoms with E-state index in [-0.39, 0.29) is 11.1 Å². The van der Waals surface area contributed by atoms with E-state index in [1.54, 1.807) is 0 Å². The summed E-state index contributed by atoms with van der Waals surface area (Å²) in [6.45, 7) is 8.17. The normalized spacial score (nSPS) is 28.9. The van der Waals surface area contributed by atoms with E-state index in [0.717, 1.165) is 5.01 Å². The van der Waals surface area contributed by atoms with Crippen molar-refractivity contribution in [1.29, 1.82) is 0 Å². The van der Waals surface area contributed by atoms with Gasteiger partial charge in [-0.3, -0.25) is 9.80 Å². The van der Waals surface area contributed by atoms with Gasteiger partial charge in [-0.05, 0) is 27.7 Å². The molecule has 3 N–H and O–H groups in total. The molecule has 1 aliphatic heterocycles. The van der Waals surface area contributed by atoms with Crippen LogP contribution in [0.2, 0.25) is 0 Å². The Labute approximate surface area is 73.9 Å². The summed E-state index contributed by atoms with van der Waals surface area (Å²) in [4.78, 5) is 11.4. The molecule has 70 valence electrons. The SMILES string of the molecule is CC1(C)CC(=O)CC(C)(C)[NH+]1N. The second kappa shape index (κ2) is 2.54. The minimum Gasteiger partial charge on any atom is -0.299 e. The number of ketones is 1. The highest BCUT2D eigenvalue weighted by molar-refractivity contribution is 5.80. The third kappa shape index (κ3) is 1.52. The first kappa shape index (κ1) is 9.68. The molecular formula is C9H19N2O+. The van der Waals surface area contributed by atoms with E-state index in [0.29, 0.717) is 18.6 Å². The molecule has 0 spiro atoms. The first-order valence-electron chi connectivity index (χ1n) is 4.41. The topological polar surface area (TPSA) is 47.5 Å². The maximum absolute atomic E-state index is 11.4. The molecule has 12 heavy (non-hydrogen) atoms. The van der Waals surface area contributed by atoms with E-state index in [1.807, 2.05) is 27.7 Å². The molecule has 3 heteroatoms. The van der Waals surface area contributed by atoms with Crippen LogP contribution >= 0.6 is 0 Å². The van der Waals surface area contributed by atoms with Gasteiger partial charge in [0.1, 0.15) is 16.9 Å². The van der Waals surface area contributed by atoms with Crippen molar-refractivity contribution >= 4 is 5.78 Å². The summed E-state index contributed by atoms with van der Waals surface area (Å²) in [5.41, 5.74) is -0.225. The number of nitrogens with one attached hydrogen (secondary N) is 1. The van der Waals surface area contributed by atoms with Crippen LogP contribution in [0.3, 0.4) is 0 Å². The standard InChI is InChI=1S/C9H18N2O/c1-8(2)5-7(12)6-9(3,4)11(8)10/h5-6,10H2,1-4H3/p+1. The maximum atomic E-state index is 11.4. The summed E-state index contributed by atoms with van der Waals surface area (Å²) >= 11 is 0. The zero-order valence-corrected chi connectivity index (χ0v) is 8.40. The predicted octanol–water partition coefficient (Wildman–Crippen LogP) is -0.335. The zero-order chi connectivity index (χ0) is 9.57. The summed E-state index contributed by atoms with van der Waals surface area (Å²) < 4.78 is 0. The van der Waals surface area contributed by atoms with Gasteiger partial charge < -0.3 is 0 Å². The number of nitrogens with two attached hydrogens (primary N) is 1. The van der Waals surface area contributed by atoms with Crippen LogP contribution in [-0.2, 0) is 4.79 Å². The highest BCUT2D eigenvalue weighted by Crippen LogP contribution is 2.18. The largest absolute Gasteiger partial charge is 0.299 e. The Kier molecular flexibility index (Phi) is 2.05. The number of Topliss-reactive ketones (excluding diaryl/α,β-unsaturated/α-hetero) is 1. The summed E-state index contributed by atoms with van der Waals surface area (Å²) in [5, 5.41) is 0.967. The van der Waals surface area contributed by atoms with Crippen LogP contribution < -0.4 is 10.9 Å². The molecule has 1 rings (SSSR count). The van der Waals surface area contributed by atoms with Crippen LogP contribution in [0.15, 0.2) is 0 Å².